The van der Waals surface area contributed by atoms with Gasteiger partial charge in [0, 0.05) is 6.54 Å². The van der Waals surface area contributed by atoms with Gasteiger partial charge in [-0.15, -0.1) is 0 Å². The van der Waals surface area contributed by atoms with Crippen LogP contribution in [0.1, 0.15) is 44.1 Å². The number of likely N-dealkylation sites (tertiary alicyclic amines) is 1. The predicted octanol–water partition coefficient (Wildman–Crippen LogP) is 1.76. The number of carboxylic acids is 1. The zero-order valence-corrected chi connectivity index (χ0v) is 16.1. The third-order valence-electron chi connectivity index (χ3n) is 5.71. The zero-order valence-electron chi connectivity index (χ0n) is 16.1. The lowest BCUT2D eigenvalue weighted by atomic mass is 9.81. The van der Waals surface area contributed by atoms with Gasteiger partial charge < -0.3 is 25.8 Å². The second-order valence-electron chi connectivity index (χ2n) is 7.91. The van der Waals surface area contributed by atoms with Crippen molar-refractivity contribution in [3.63, 3.8) is 0 Å². The van der Waals surface area contributed by atoms with Gasteiger partial charge in [-0.2, -0.15) is 0 Å². The van der Waals surface area contributed by atoms with E-state index in [2.05, 4.69) is 29.2 Å². The summed E-state index contributed by atoms with van der Waals surface area (Å²) >= 11 is 0. The van der Waals surface area contributed by atoms with Crippen LogP contribution < -0.4 is 5.73 Å². The lowest BCUT2D eigenvalue weighted by Gasteiger charge is -2.34. The summed E-state index contributed by atoms with van der Waals surface area (Å²) in [6.45, 7) is 2.68. The van der Waals surface area contributed by atoms with Gasteiger partial charge in [-0.05, 0) is 63.0 Å². The van der Waals surface area contributed by atoms with Crippen LogP contribution in [0.2, 0.25) is 6.32 Å². The fraction of sp³-hybridized carbons (Fsp3) is 0.650. The van der Waals surface area contributed by atoms with Crippen LogP contribution in [0.3, 0.4) is 0 Å². The SMILES string of the molecule is NC(CCCCB(O)O)(CCN1CCC(Cc2ccccc2)CC1)C(=O)O. The maximum atomic E-state index is 11.6. The summed E-state index contributed by atoms with van der Waals surface area (Å²) in [4.78, 5) is 14.0. The largest absolute Gasteiger partial charge is 0.480 e. The Morgan fingerprint density at radius 2 is 1.81 bits per heavy atom. The molecule has 1 atom stereocenters. The molecule has 1 aliphatic heterocycles. The van der Waals surface area contributed by atoms with Crippen molar-refractivity contribution >= 4 is 13.1 Å². The van der Waals surface area contributed by atoms with Crippen molar-refractivity contribution in [2.75, 3.05) is 19.6 Å². The van der Waals surface area contributed by atoms with Crippen molar-refractivity contribution in [2.45, 2.75) is 56.8 Å². The smallest absolute Gasteiger partial charge is 0.451 e. The molecular weight excluding hydrogens is 343 g/mol. The molecule has 0 radical (unpaired) electrons. The number of hydrogen-bond acceptors (Lipinski definition) is 5. The van der Waals surface area contributed by atoms with E-state index in [1.807, 2.05) is 6.07 Å². The van der Waals surface area contributed by atoms with Crippen LogP contribution >= 0.6 is 0 Å². The molecule has 1 saturated heterocycles. The second-order valence-corrected chi connectivity index (χ2v) is 7.91. The highest BCUT2D eigenvalue weighted by atomic mass is 16.4. The molecule has 1 fully saturated rings. The number of aliphatic carboxylic acids is 1. The number of nitrogens with two attached hydrogens (primary N) is 1. The molecule has 2 rings (SSSR count). The van der Waals surface area contributed by atoms with Crippen LogP contribution in [-0.2, 0) is 11.2 Å². The van der Waals surface area contributed by atoms with Gasteiger partial charge in [0.15, 0.2) is 0 Å². The summed E-state index contributed by atoms with van der Waals surface area (Å²) < 4.78 is 0. The van der Waals surface area contributed by atoms with Crippen LogP contribution in [0.15, 0.2) is 30.3 Å². The van der Waals surface area contributed by atoms with Gasteiger partial charge >= 0.3 is 13.1 Å². The normalized spacial score (nSPS) is 18.2. The molecule has 5 N–H and O–H groups in total. The minimum absolute atomic E-state index is 0.255. The molecule has 150 valence electrons. The Bertz CT molecular complexity index is 564. The molecule has 0 bridgehead atoms. The monoisotopic (exact) mass is 376 g/mol. The Hall–Kier alpha value is -1.41. The molecule has 1 unspecified atom stereocenters. The minimum atomic E-state index is -1.33. The fourth-order valence-electron chi connectivity index (χ4n) is 3.83. The van der Waals surface area contributed by atoms with E-state index in [0.29, 0.717) is 38.1 Å². The third kappa shape index (κ3) is 7.62. The lowest BCUT2D eigenvalue weighted by molar-refractivity contribution is -0.144. The molecule has 7 heteroatoms. The van der Waals surface area contributed by atoms with E-state index in [1.165, 1.54) is 5.56 Å². The van der Waals surface area contributed by atoms with Crippen molar-refractivity contribution in [3.8, 4) is 0 Å². The summed E-state index contributed by atoms with van der Waals surface area (Å²) in [7, 11) is -1.33. The molecule has 1 heterocycles. The number of unbranched alkanes of at least 4 members (excludes halogenated alkanes) is 1. The molecule has 0 saturated carbocycles. The van der Waals surface area contributed by atoms with Crippen molar-refractivity contribution in [3.05, 3.63) is 35.9 Å². The van der Waals surface area contributed by atoms with E-state index in [4.69, 9.17) is 15.8 Å². The highest BCUT2D eigenvalue weighted by Gasteiger charge is 2.34. The number of carbonyl (C=O) groups is 1. The van der Waals surface area contributed by atoms with Gasteiger partial charge in [0.2, 0.25) is 0 Å². The molecule has 1 aromatic carbocycles. The Labute approximate surface area is 162 Å². The molecule has 0 spiro atoms. The predicted molar refractivity (Wildman–Crippen MR) is 107 cm³/mol. The molecule has 27 heavy (non-hydrogen) atoms. The summed E-state index contributed by atoms with van der Waals surface area (Å²) in [5, 5.41) is 27.3. The highest BCUT2D eigenvalue weighted by molar-refractivity contribution is 6.40. The summed E-state index contributed by atoms with van der Waals surface area (Å²) in [6.07, 6.45) is 5.56. The summed E-state index contributed by atoms with van der Waals surface area (Å²) in [6, 6.07) is 10.6. The lowest BCUT2D eigenvalue weighted by Crippen LogP contribution is -2.50. The molecule has 0 amide bonds. The van der Waals surface area contributed by atoms with Gasteiger partial charge in [-0.25, -0.2) is 0 Å². The van der Waals surface area contributed by atoms with Crippen LogP contribution in [-0.4, -0.2) is 58.3 Å². The van der Waals surface area contributed by atoms with Crippen molar-refractivity contribution in [1.29, 1.82) is 0 Å². The zero-order chi connectivity index (χ0) is 19.7. The maximum Gasteiger partial charge on any atom is 0.451 e. The first kappa shape index (κ1) is 21.9. The molecule has 1 aliphatic rings. The Kier molecular flexibility index (Phi) is 8.76. The summed E-state index contributed by atoms with van der Waals surface area (Å²) in [5.41, 5.74) is 6.30. The molecular formula is C20H33BN2O4. The van der Waals surface area contributed by atoms with Crippen molar-refractivity contribution < 1.29 is 19.9 Å². The first-order valence-electron chi connectivity index (χ1n) is 10.0. The fourth-order valence-corrected chi connectivity index (χ4v) is 3.83. The Balaban J connectivity index is 1.72. The Morgan fingerprint density at radius 1 is 1.15 bits per heavy atom. The highest BCUT2D eigenvalue weighted by Crippen LogP contribution is 2.24. The first-order valence-corrected chi connectivity index (χ1v) is 10.0. The van der Waals surface area contributed by atoms with Crippen LogP contribution in [0.5, 0.6) is 0 Å². The van der Waals surface area contributed by atoms with Gasteiger partial charge in [0.05, 0.1) is 0 Å². The quantitative estimate of drug-likeness (QED) is 0.346. The van der Waals surface area contributed by atoms with E-state index >= 15 is 0 Å². The summed E-state index contributed by atoms with van der Waals surface area (Å²) in [5.74, 6) is -0.276. The standard InChI is InChI=1S/C20H33BN2O4/c22-20(19(24)25,10-4-5-12-21(26)27)11-15-23-13-8-18(9-14-23)16-17-6-2-1-3-7-17/h1-3,6-7,18,26-27H,4-5,8-16,22H2,(H,24,25). The number of hydrogen-bond donors (Lipinski definition) is 4. The van der Waals surface area contributed by atoms with Gasteiger partial charge in [0.1, 0.15) is 5.54 Å². The van der Waals surface area contributed by atoms with E-state index in [-0.39, 0.29) is 6.32 Å². The number of benzene rings is 1. The van der Waals surface area contributed by atoms with Crippen LogP contribution in [0.4, 0.5) is 0 Å². The topological polar surface area (TPSA) is 107 Å². The van der Waals surface area contributed by atoms with Gasteiger partial charge in [-0.3, -0.25) is 4.79 Å². The molecule has 6 nitrogen and oxygen atoms in total. The molecule has 0 aliphatic carbocycles. The Morgan fingerprint density at radius 3 is 2.41 bits per heavy atom. The van der Waals surface area contributed by atoms with Crippen LogP contribution in [0, 0.1) is 5.92 Å². The maximum absolute atomic E-state index is 11.6. The number of rotatable bonds is 11. The molecule has 1 aromatic rings. The van der Waals surface area contributed by atoms with Gasteiger partial charge in [0.25, 0.3) is 0 Å². The first-order chi connectivity index (χ1) is 12.9. The number of carboxylic acid groups (broad SMARTS) is 1. The van der Waals surface area contributed by atoms with Crippen molar-refractivity contribution in [2.24, 2.45) is 11.7 Å². The number of nitrogens with zero attached hydrogens (tertiary/aromatic N) is 1. The second kappa shape index (κ2) is 10.8. The van der Waals surface area contributed by atoms with Crippen LogP contribution in [0.25, 0.3) is 0 Å². The van der Waals surface area contributed by atoms with E-state index in [0.717, 1.165) is 32.4 Å². The average Bonchev–Trinajstić information content (AvgIpc) is 2.65. The van der Waals surface area contributed by atoms with Gasteiger partial charge in [-0.1, -0.05) is 43.2 Å². The third-order valence-corrected chi connectivity index (χ3v) is 5.71. The van der Waals surface area contributed by atoms with E-state index < -0.39 is 18.6 Å². The molecule has 0 aromatic heterocycles. The number of piperidine rings is 1. The van der Waals surface area contributed by atoms with E-state index in [1.54, 1.807) is 0 Å². The van der Waals surface area contributed by atoms with Crippen molar-refractivity contribution in [1.82, 2.24) is 4.90 Å². The average molecular weight is 376 g/mol. The minimum Gasteiger partial charge on any atom is -0.480 e. The van der Waals surface area contributed by atoms with E-state index in [9.17, 15) is 9.90 Å².